The van der Waals surface area contributed by atoms with Gasteiger partial charge in [-0.25, -0.2) is 9.78 Å². The Labute approximate surface area is 206 Å². The Morgan fingerprint density at radius 3 is 2.46 bits per heavy atom. The number of hydrogen-bond acceptors (Lipinski definition) is 6. The lowest BCUT2D eigenvalue weighted by molar-refractivity contribution is -0.124. The van der Waals surface area contributed by atoms with E-state index < -0.39 is 12.1 Å². The molecule has 0 aliphatic heterocycles. The van der Waals surface area contributed by atoms with E-state index in [9.17, 15) is 9.59 Å². The molecule has 0 aliphatic rings. The average molecular weight is 482 g/mol. The number of pyridine rings is 1. The monoisotopic (exact) mass is 481 g/mol. The molecule has 7 heteroatoms. The quantitative estimate of drug-likeness (QED) is 0.284. The van der Waals surface area contributed by atoms with Crippen LogP contribution in [0.5, 0.6) is 0 Å². The van der Waals surface area contributed by atoms with Crippen molar-refractivity contribution in [3.05, 3.63) is 90.1 Å². The fourth-order valence-corrected chi connectivity index (χ4v) is 4.98. The Morgan fingerprint density at radius 2 is 1.66 bits per heavy atom. The van der Waals surface area contributed by atoms with Crippen LogP contribution in [0.15, 0.2) is 78.9 Å². The zero-order valence-corrected chi connectivity index (χ0v) is 20.1. The Bertz CT molecular complexity index is 1530. The maximum atomic E-state index is 13.2. The number of rotatable bonds is 6. The predicted molar refractivity (Wildman–Crippen MR) is 140 cm³/mol. The molecule has 1 atom stereocenters. The van der Waals surface area contributed by atoms with Crippen molar-refractivity contribution < 1.29 is 14.3 Å². The molecule has 6 nitrogen and oxygen atoms in total. The van der Waals surface area contributed by atoms with Crippen molar-refractivity contribution in [2.75, 3.05) is 5.32 Å². The van der Waals surface area contributed by atoms with Gasteiger partial charge in [0, 0.05) is 16.6 Å². The normalized spacial score (nSPS) is 11.9. The van der Waals surface area contributed by atoms with Crippen LogP contribution in [0, 0.1) is 6.92 Å². The number of aryl methyl sites for hydroxylation is 1. The largest absolute Gasteiger partial charge is 0.449 e. The Morgan fingerprint density at radius 1 is 0.943 bits per heavy atom. The van der Waals surface area contributed by atoms with E-state index in [4.69, 9.17) is 4.74 Å². The third-order valence-electron chi connectivity index (χ3n) is 5.69. The first-order valence-corrected chi connectivity index (χ1v) is 12.2. The molecule has 0 fully saturated rings. The first kappa shape index (κ1) is 22.7. The van der Waals surface area contributed by atoms with E-state index >= 15 is 0 Å². The van der Waals surface area contributed by atoms with Crippen LogP contribution in [-0.2, 0) is 9.53 Å². The summed E-state index contributed by atoms with van der Waals surface area (Å²) in [4.78, 5) is 35.5. The summed E-state index contributed by atoms with van der Waals surface area (Å²) in [6.07, 6.45) is -0.610. The number of para-hydroxylation sites is 2. The summed E-state index contributed by atoms with van der Waals surface area (Å²) < 4.78 is 6.75. The second kappa shape index (κ2) is 9.64. The van der Waals surface area contributed by atoms with Crippen molar-refractivity contribution >= 4 is 50.0 Å². The summed E-state index contributed by atoms with van der Waals surface area (Å²) in [5.41, 5.74) is 4.16. The van der Waals surface area contributed by atoms with Crippen LogP contribution in [0.1, 0.15) is 29.4 Å². The number of hydrogen-bond donors (Lipinski definition) is 1. The molecule has 5 rings (SSSR count). The van der Waals surface area contributed by atoms with Gasteiger partial charge in [-0.3, -0.25) is 9.78 Å². The highest BCUT2D eigenvalue weighted by Crippen LogP contribution is 2.32. The van der Waals surface area contributed by atoms with E-state index in [1.54, 1.807) is 12.1 Å². The van der Waals surface area contributed by atoms with Gasteiger partial charge >= 0.3 is 5.97 Å². The van der Waals surface area contributed by atoms with Crippen LogP contribution >= 0.6 is 11.3 Å². The molecule has 1 unspecified atom stereocenters. The van der Waals surface area contributed by atoms with E-state index in [0.717, 1.165) is 31.8 Å². The molecule has 0 bridgehead atoms. The molecule has 0 saturated carbocycles. The first-order chi connectivity index (χ1) is 17.0. The zero-order chi connectivity index (χ0) is 24.4. The zero-order valence-electron chi connectivity index (χ0n) is 19.3. The van der Waals surface area contributed by atoms with E-state index in [1.165, 1.54) is 11.3 Å². The molecule has 174 valence electrons. The van der Waals surface area contributed by atoms with E-state index in [-0.39, 0.29) is 5.91 Å². The van der Waals surface area contributed by atoms with Crippen LogP contribution in [-0.4, -0.2) is 27.9 Å². The Hall–Kier alpha value is -4.10. The number of fused-ring (bicyclic) bond motifs is 2. The predicted octanol–water partition coefficient (Wildman–Crippen LogP) is 6.39. The second-order valence-corrected chi connectivity index (χ2v) is 9.18. The Kier molecular flexibility index (Phi) is 6.25. The standard InChI is InChI=1S/C28H23N3O3S/c1-3-24(26(32)30-23-16-17(2)29-21-13-7-6-12-20(21)23)34-28(33)19-11-5-4-10-18(19)27-31-22-14-8-9-15-25(22)35-27/h4-16,24H,3H2,1-2H3,(H,29,30,32). The molecule has 0 aliphatic carbocycles. The van der Waals surface area contributed by atoms with Crippen LogP contribution in [0.4, 0.5) is 5.69 Å². The molecular formula is C28H23N3O3S. The lowest BCUT2D eigenvalue weighted by Gasteiger charge is -2.18. The van der Waals surface area contributed by atoms with Crippen molar-refractivity contribution in [2.24, 2.45) is 0 Å². The van der Waals surface area contributed by atoms with Crippen molar-refractivity contribution in [3.8, 4) is 10.6 Å². The number of aromatic nitrogens is 2. The van der Waals surface area contributed by atoms with E-state index in [0.29, 0.717) is 23.2 Å². The second-order valence-electron chi connectivity index (χ2n) is 8.15. The lowest BCUT2D eigenvalue weighted by atomic mass is 10.1. The highest BCUT2D eigenvalue weighted by molar-refractivity contribution is 7.21. The summed E-state index contributed by atoms with van der Waals surface area (Å²) in [6.45, 7) is 3.69. The third kappa shape index (κ3) is 4.63. The molecular weight excluding hydrogens is 458 g/mol. The van der Waals surface area contributed by atoms with E-state index in [1.807, 2.05) is 80.6 Å². The number of ether oxygens (including phenoxy) is 1. The smallest absolute Gasteiger partial charge is 0.339 e. The van der Waals surface area contributed by atoms with Crippen LogP contribution in [0.2, 0.25) is 0 Å². The summed E-state index contributed by atoms with van der Waals surface area (Å²) in [5.74, 6) is -0.938. The number of esters is 1. The maximum Gasteiger partial charge on any atom is 0.339 e. The average Bonchev–Trinajstić information content (AvgIpc) is 3.31. The van der Waals surface area contributed by atoms with Gasteiger partial charge in [0.25, 0.3) is 5.91 Å². The molecule has 5 aromatic rings. The molecule has 2 heterocycles. The van der Waals surface area contributed by atoms with Gasteiger partial charge in [-0.2, -0.15) is 0 Å². The van der Waals surface area contributed by atoms with Crippen LogP contribution < -0.4 is 5.32 Å². The molecule has 2 aromatic heterocycles. The van der Waals surface area contributed by atoms with Gasteiger partial charge in [-0.1, -0.05) is 55.5 Å². The third-order valence-corrected chi connectivity index (χ3v) is 6.76. The SMILES string of the molecule is CCC(OC(=O)c1ccccc1-c1nc2ccccc2s1)C(=O)Nc1cc(C)nc2ccccc12. The topological polar surface area (TPSA) is 81.2 Å². The number of carbonyl (C=O) groups excluding carboxylic acids is 2. The van der Waals surface area contributed by atoms with Crippen molar-refractivity contribution in [3.63, 3.8) is 0 Å². The molecule has 3 aromatic carbocycles. The Balaban J connectivity index is 1.39. The van der Waals surface area contributed by atoms with Crippen LogP contribution in [0.25, 0.3) is 31.7 Å². The minimum atomic E-state index is -0.946. The number of thiazole rings is 1. The van der Waals surface area contributed by atoms with Gasteiger partial charge in [-0.05, 0) is 43.7 Å². The van der Waals surface area contributed by atoms with Gasteiger partial charge in [-0.15, -0.1) is 11.3 Å². The molecule has 0 saturated heterocycles. The fourth-order valence-electron chi connectivity index (χ4n) is 3.97. The number of carbonyl (C=O) groups is 2. The van der Waals surface area contributed by atoms with Gasteiger partial charge in [0.05, 0.1) is 27.0 Å². The molecule has 1 N–H and O–H groups in total. The molecule has 1 amide bonds. The minimum Gasteiger partial charge on any atom is -0.449 e. The number of nitrogens with one attached hydrogen (secondary N) is 1. The number of amides is 1. The highest BCUT2D eigenvalue weighted by atomic mass is 32.1. The summed E-state index contributed by atoms with van der Waals surface area (Å²) in [7, 11) is 0. The van der Waals surface area contributed by atoms with Crippen molar-refractivity contribution in [1.29, 1.82) is 0 Å². The van der Waals surface area contributed by atoms with Gasteiger partial charge < -0.3 is 10.1 Å². The summed E-state index contributed by atoms with van der Waals surface area (Å²) >= 11 is 1.51. The van der Waals surface area contributed by atoms with Gasteiger partial charge in [0.15, 0.2) is 6.10 Å². The van der Waals surface area contributed by atoms with Gasteiger partial charge in [0.1, 0.15) is 5.01 Å². The van der Waals surface area contributed by atoms with Gasteiger partial charge in [0.2, 0.25) is 0 Å². The number of anilines is 1. The maximum absolute atomic E-state index is 13.2. The molecule has 0 radical (unpaired) electrons. The van der Waals surface area contributed by atoms with Crippen molar-refractivity contribution in [1.82, 2.24) is 9.97 Å². The van der Waals surface area contributed by atoms with E-state index in [2.05, 4.69) is 15.3 Å². The lowest BCUT2D eigenvalue weighted by Crippen LogP contribution is -2.32. The fraction of sp³-hybridized carbons (Fsp3) is 0.143. The van der Waals surface area contributed by atoms with Crippen molar-refractivity contribution in [2.45, 2.75) is 26.4 Å². The summed E-state index contributed by atoms with van der Waals surface area (Å²) in [6, 6.07) is 24.4. The molecule has 0 spiro atoms. The van der Waals surface area contributed by atoms with Crippen LogP contribution in [0.3, 0.4) is 0 Å². The summed E-state index contributed by atoms with van der Waals surface area (Å²) in [5, 5.41) is 4.49. The first-order valence-electron chi connectivity index (χ1n) is 11.4. The highest BCUT2D eigenvalue weighted by Gasteiger charge is 2.25. The number of nitrogens with zero attached hydrogens (tertiary/aromatic N) is 2. The molecule has 35 heavy (non-hydrogen) atoms. The number of benzene rings is 3. The minimum absolute atomic E-state index is 0.336.